The van der Waals surface area contributed by atoms with Crippen LogP contribution in [0.5, 0.6) is 0 Å². The van der Waals surface area contributed by atoms with Crippen LogP contribution in [0.3, 0.4) is 0 Å². The van der Waals surface area contributed by atoms with E-state index in [4.69, 9.17) is 18.9 Å². The van der Waals surface area contributed by atoms with Gasteiger partial charge in [0.2, 0.25) is 0 Å². The quantitative estimate of drug-likeness (QED) is 0.372. The average Bonchev–Trinajstić information content (AvgIpc) is 2.73. The van der Waals surface area contributed by atoms with Crippen LogP contribution >= 0.6 is 0 Å². The molecule has 10 heteroatoms. The van der Waals surface area contributed by atoms with Crippen molar-refractivity contribution in [3.05, 3.63) is 0 Å². The van der Waals surface area contributed by atoms with Crippen LogP contribution in [0.25, 0.3) is 0 Å². The predicted molar refractivity (Wildman–Crippen MR) is 97.3 cm³/mol. The van der Waals surface area contributed by atoms with Gasteiger partial charge in [0.1, 0.15) is 6.61 Å². The molecule has 0 amide bonds. The molecule has 0 radical (unpaired) electrons. The predicted octanol–water partition coefficient (Wildman–Crippen LogP) is 0.850. The molecule has 166 valence electrons. The zero-order valence-electron chi connectivity index (χ0n) is 17.6. The van der Waals surface area contributed by atoms with Gasteiger partial charge in [-0.2, -0.15) is 0 Å². The van der Waals surface area contributed by atoms with Crippen LogP contribution in [0.1, 0.15) is 33.1 Å². The van der Waals surface area contributed by atoms with Crippen molar-refractivity contribution in [2.75, 3.05) is 41.2 Å². The lowest BCUT2D eigenvalue weighted by molar-refractivity contribution is -0.237. The molecule has 0 aromatic rings. The van der Waals surface area contributed by atoms with Gasteiger partial charge in [0, 0.05) is 5.41 Å². The molecule has 0 aromatic carbocycles. The van der Waals surface area contributed by atoms with Crippen LogP contribution in [-0.2, 0) is 47.6 Å². The third-order valence-electron chi connectivity index (χ3n) is 4.56. The Bertz CT molecular complexity index is 580. The maximum absolute atomic E-state index is 12.4. The lowest BCUT2D eigenvalue weighted by Crippen LogP contribution is -2.42. The molecule has 0 saturated carbocycles. The van der Waals surface area contributed by atoms with Crippen LogP contribution in [0.15, 0.2) is 0 Å². The summed E-state index contributed by atoms with van der Waals surface area (Å²) in [4.78, 5) is 48.3. The Balaban J connectivity index is 2.81. The van der Waals surface area contributed by atoms with E-state index in [2.05, 4.69) is 9.47 Å². The Labute approximate surface area is 170 Å². The van der Waals surface area contributed by atoms with E-state index >= 15 is 0 Å². The molecule has 1 rings (SSSR count). The Morgan fingerprint density at radius 2 is 1.34 bits per heavy atom. The Morgan fingerprint density at radius 3 is 1.79 bits per heavy atom. The number of carbonyl (C=O) groups is 4. The normalized spacial score (nSPS) is 17.0. The zero-order valence-corrected chi connectivity index (χ0v) is 17.6. The summed E-state index contributed by atoms with van der Waals surface area (Å²) in [6, 6.07) is 0. The van der Waals surface area contributed by atoms with E-state index < -0.39 is 60.3 Å². The molecule has 0 spiro atoms. The molecule has 10 nitrogen and oxygen atoms in total. The van der Waals surface area contributed by atoms with Crippen molar-refractivity contribution in [1.29, 1.82) is 0 Å². The van der Waals surface area contributed by atoms with Gasteiger partial charge >= 0.3 is 23.9 Å². The second-order valence-electron chi connectivity index (χ2n) is 7.32. The molecule has 2 atom stereocenters. The van der Waals surface area contributed by atoms with Crippen molar-refractivity contribution >= 4 is 23.9 Å². The van der Waals surface area contributed by atoms with Gasteiger partial charge in [-0.25, -0.2) is 0 Å². The van der Waals surface area contributed by atoms with Crippen molar-refractivity contribution in [3.8, 4) is 0 Å². The molecule has 0 aromatic heterocycles. The van der Waals surface area contributed by atoms with Gasteiger partial charge in [-0.15, -0.1) is 0 Å². The van der Waals surface area contributed by atoms with E-state index in [1.807, 2.05) is 13.8 Å². The summed E-state index contributed by atoms with van der Waals surface area (Å²) >= 11 is 0. The Kier molecular flexibility index (Phi) is 10.0. The lowest BCUT2D eigenvalue weighted by atomic mass is 9.86. The Morgan fingerprint density at radius 1 is 0.862 bits per heavy atom. The van der Waals surface area contributed by atoms with Crippen molar-refractivity contribution < 1.29 is 47.6 Å². The van der Waals surface area contributed by atoms with Crippen LogP contribution < -0.4 is 0 Å². The molecule has 1 aliphatic heterocycles. The highest BCUT2D eigenvalue weighted by atomic mass is 16.7. The largest absolute Gasteiger partial charge is 0.469 e. The molecule has 1 fully saturated rings. The second kappa shape index (κ2) is 11.7. The molecule has 0 N–H and O–H groups in total. The van der Waals surface area contributed by atoms with Crippen LogP contribution in [0.4, 0.5) is 0 Å². The molecule has 1 heterocycles. The first-order valence-electron chi connectivity index (χ1n) is 9.27. The van der Waals surface area contributed by atoms with Crippen LogP contribution in [0, 0.1) is 17.3 Å². The van der Waals surface area contributed by atoms with Gasteiger partial charge < -0.3 is 28.4 Å². The molecular formula is C19H30O10. The molecule has 0 aliphatic carbocycles. The summed E-state index contributed by atoms with van der Waals surface area (Å²) in [7, 11) is 3.38. The number of rotatable bonds is 10. The number of esters is 4. The van der Waals surface area contributed by atoms with Gasteiger partial charge in [-0.1, -0.05) is 13.8 Å². The van der Waals surface area contributed by atoms with Gasteiger partial charge in [0.25, 0.3) is 0 Å². The van der Waals surface area contributed by atoms with Crippen molar-refractivity contribution in [3.63, 3.8) is 0 Å². The number of methoxy groups -OCH3 is 3. The number of hydrogen-bond donors (Lipinski definition) is 0. The summed E-state index contributed by atoms with van der Waals surface area (Å²) in [5.74, 6) is -5.63. The summed E-state index contributed by atoms with van der Waals surface area (Å²) < 4.78 is 30.3. The van der Waals surface area contributed by atoms with E-state index in [1.165, 1.54) is 0 Å². The topological polar surface area (TPSA) is 124 Å². The average molecular weight is 418 g/mol. The standard InChI is InChI=1S/C19H30O10/c1-19(2,18-27-7-6-8-28-18)11-29-15(21)10-13(17(23)26-5)12(16(22)25-4)9-14(20)24-3/h12-13,18H,6-11H2,1-5H3. The highest BCUT2D eigenvalue weighted by molar-refractivity contribution is 5.88. The number of ether oxygens (including phenoxy) is 6. The monoisotopic (exact) mass is 418 g/mol. The summed E-state index contributed by atoms with van der Waals surface area (Å²) in [5, 5.41) is 0. The van der Waals surface area contributed by atoms with Gasteiger partial charge in [-0.05, 0) is 6.42 Å². The highest BCUT2D eigenvalue weighted by Crippen LogP contribution is 2.29. The summed E-state index contributed by atoms with van der Waals surface area (Å²) in [6.07, 6.45) is -0.637. The minimum Gasteiger partial charge on any atom is -0.469 e. The number of hydrogen-bond acceptors (Lipinski definition) is 10. The van der Waals surface area contributed by atoms with E-state index in [1.54, 1.807) is 0 Å². The van der Waals surface area contributed by atoms with E-state index in [0.717, 1.165) is 27.8 Å². The molecule has 2 unspecified atom stereocenters. The first kappa shape index (κ1) is 24.8. The minimum atomic E-state index is -1.26. The SMILES string of the molecule is COC(=O)CC(C(=O)OC)C(CC(=O)OCC(C)(C)C1OCCCO1)C(=O)OC. The fourth-order valence-corrected chi connectivity index (χ4v) is 2.86. The maximum Gasteiger partial charge on any atom is 0.310 e. The van der Waals surface area contributed by atoms with Crippen molar-refractivity contribution in [2.45, 2.75) is 39.4 Å². The third kappa shape index (κ3) is 7.62. The highest BCUT2D eigenvalue weighted by Gasteiger charge is 2.40. The van der Waals surface area contributed by atoms with Gasteiger partial charge in [0.05, 0.1) is 59.2 Å². The van der Waals surface area contributed by atoms with Gasteiger partial charge in [0.15, 0.2) is 6.29 Å². The van der Waals surface area contributed by atoms with E-state index in [9.17, 15) is 19.2 Å². The molecule has 1 aliphatic rings. The second-order valence-corrected chi connectivity index (χ2v) is 7.32. The fraction of sp³-hybridized carbons (Fsp3) is 0.789. The third-order valence-corrected chi connectivity index (χ3v) is 4.56. The van der Waals surface area contributed by atoms with Crippen molar-refractivity contribution in [2.24, 2.45) is 17.3 Å². The Hall–Kier alpha value is -2.20. The summed E-state index contributed by atoms with van der Waals surface area (Å²) in [5.41, 5.74) is -0.620. The fourth-order valence-electron chi connectivity index (χ4n) is 2.86. The molecule has 29 heavy (non-hydrogen) atoms. The van der Waals surface area contributed by atoms with Crippen LogP contribution in [0.2, 0.25) is 0 Å². The molecule has 1 saturated heterocycles. The van der Waals surface area contributed by atoms with Gasteiger partial charge in [-0.3, -0.25) is 19.2 Å². The van der Waals surface area contributed by atoms with Crippen LogP contribution in [-0.4, -0.2) is 71.3 Å². The molecule has 0 bridgehead atoms. The smallest absolute Gasteiger partial charge is 0.310 e. The maximum atomic E-state index is 12.4. The first-order chi connectivity index (χ1) is 13.7. The van der Waals surface area contributed by atoms with E-state index in [-0.39, 0.29) is 6.61 Å². The molecular weight excluding hydrogens is 388 g/mol. The lowest BCUT2D eigenvalue weighted by Gasteiger charge is -2.35. The van der Waals surface area contributed by atoms with Crippen molar-refractivity contribution in [1.82, 2.24) is 0 Å². The van der Waals surface area contributed by atoms with E-state index in [0.29, 0.717) is 13.2 Å². The minimum absolute atomic E-state index is 0.0235. The summed E-state index contributed by atoms with van der Waals surface area (Å²) in [6.45, 7) is 4.73. The number of carbonyl (C=O) groups excluding carboxylic acids is 4. The zero-order chi connectivity index (χ0) is 22.0. The first-order valence-corrected chi connectivity index (χ1v) is 9.27.